The molecule has 0 aliphatic carbocycles. The van der Waals surface area contributed by atoms with Crippen LogP contribution in [0.5, 0.6) is 0 Å². The van der Waals surface area contributed by atoms with E-state index in [2.05, 4.69) is 155 Å². The van der Waals surface area contributed by atoms with Gasteiger partial charge in [0.25, 0.3) is 0 Å². The van der Waals surface area contributed by atoms with Crippen molar-refractivity contribution in [2.24, 2.45) is 0 Å². The van der Waals surface area contributed by atoms with E-state index >= 15 is 0 Å². The van der Waals surface area contributed by atoms with Gasteiger partial charge >= 0.3 is 0 Å². The number of nitrogens with zero attached hydrogens (tertiary/aromatic N) is 5. The first-order chi connectivity index (χ1) is 24.8. The molecule has 0 atom stereocenters. The quantitative estimate of drug-likeness (QED) is 0.193. The third-order valence-electron chi connectivity index (χ3n) is 10.1. The molecule has 0 aliphatic rings. The Morgan fingerprint density at radius 1 is 0.340 bits per heavy atom. The van der Waals surface area contributed by atoms with Crippen LogP contribution in [0.1, 0.15) is 0 Å². The Kier molecular flexibility index (Phi) is 5.60. The van der Waals surface area contributed by atoms with E-state index in [-0.39, 0.29) is 0 Å². The first kappa shape index (κ1) is 27.1. The zero-order valence-electron chi connectivity index (χ0n) is 26.8. The number of rotatable bonds is 4. The normalized spacial score (nSPS) is 12.0. The number of hydrogen-bond acceptors (Lipinski definition) is 3. The standard InChI is InChI=1S/C45H27N5/c1-2-14-28(15-3-1)43-46-44(48-45(47-43)50-38-25-10-6-17-30(38)31-18-7-11-26-39(31)50)35-20-5-4-16-29(35)33-21-13-27-40-41(33)36-23-12-22-34-32-19-8-9-24-37(32)49(40)42(34)36/h1-27H. The molecule has 0 aliphatic heterocycles. The number of para-hydroxylation sites is 4. The molecule has 50 heavy (non-hydrogen) atoms. The second kappa shape index (κ2) is 10.3. The summed E-state index contributed by atoms with van der Waals surface area (Å²) in [5.41, 5.74) is 9.91. The minimum Gasteiger partial charge on any atom is -0.308 e. The summed E-state index contributed by atoms with van der Waals surface area (Å²) in [7, 11) is 0. The fourth-order valence-electron chi connectivity index (χ4n) is 8.06. The van der Waals surface area contributed by atoms with Crippen molar-refractivity contribution in [2.75, 3.05) is 0 Å². The van der Waals surface area contributed by atoms with Crippen molar-refractivity contribution >= 4 is 59.9 Å². The van der Waals surface area contributed by atoms with Crippen molar-refractivity contribution in [3.05, 3.63) is 164 Å². The van der Waals surface area contributed by atoms with Crippen LogP contribution < -0.4 is 0 Å². The SMILES string of the molecule is c1ccc(-c2nc(-c3ccccc3-c3cccc4c3c3cccc5c6ccccc6n4c53)nc(-n3c4ccccc4c4ccccc43)n2)cc1. The largest absolute Gasteiger partial charge is 0.308 e. The lowest BCUT2D eigenvalue weighted by Crippen LogP contribution is -2.06. The Morgan fingerprint density at radius 2 is 0.860 bits per heavy atom. The molecule has 0 saturated carbocycles. The van der Waals surface area contributed by atoms with Gasteiger partial charge in [-0.05, 0) is 35.4 Å². The first-order valence-corrected chi connectivity index (χ1v) is 16.9. The number of benzene rings is 7. The van der Waals surface area contributed by atoms with Gasteiger partial charge in [0.05, 0.1) is 27.6 Å². The molecule has 0 spiro atoms. The van der Waals surface area contributed by atoms with E-state index in [9.17, 15) is 0 Å². The summed E-state index contributed by atoms with van der Waals surface area (Å²) in [6.07, 6.45) is 0. The maximum absolute atomic E-state index is 5.30. The molecule has 0 fully saturated rings. The van der Waals surface area contributed by atoms with Gasteiger partial charge < -0.3 is 4.40 Å². The molecule has 5 heteroatoms. The summed E-state index contributed by atoms with van der Waals surface area (Å²) in [4.78, 5) is 15.6. The highest BCUT2D eigenvalue weighted by molar-refractivity contribution is 6.26. The lowest BCUT2D eigenvalue weighted by Gasteiger charge is -2.14. The molecule has 0 bridgehead atoms. The Hall–Kier alpha value is -6.85. The molecule has 5 nitrogen and oxygen atoms in total. The van der Waals surface area contributed by atoms with Gasteiger partial charge in [-0.1, -0.05) is 140 Å². The highest BCUT2D eigenvalue weighted by atomic mass is 15.2. The molecular weight excluding hydrogens is 611 g/mol. The van der Waals surface area contributed by atoms with Crippen LogP contribution in [-0.2, 0) is 0 Å². The minimum atomic E-state index is 0.589. The van der Waals surface area contributed by atoms with E-state index in [1.807, 2.05) is 18.2 Å². The smallest absolute Gasteiger partial charge is 0.238 e. The average molecular weight is 638 g/mol. The van der Waals surface area contributed by atoms with Crippen LogP contribution in [0.25, 0.3) is 99.8 Å². The van der Waals surface area contributed by atoms with Crippen molar-refractivity contribution in [1.82, 2.24) is 23.9 Å². The van der Waals surface area contributed by atoms with E-state index in [4.69, 9.17) is 15.0 Å². The van der Waals surface area contributed by atoms with Crippen LogP contribution in [0.15, 0.2) is 164 Å². The second-order valence-corrected chi connectivity index (χ2v) is 12.8. The maximum Gasteiger partial charge on any atom is 0.238 e. The third-order valence-corrected chi connectivity index (χ3v) is 10.1. The van der Waals surface area contributed by atoms with Crippen molar-refractivity contribution in [2.45, 2.75) is 0 Å². The van der Waals surface area contributed by atoms with Gasteiger partial charge in [0.1, 0.15) is 0 Å². The summed E-state index contributed by atoms with van der Waals surface area (Å²) < 4.78 is 4.60. The Morgan fingerprint density at radius 3 is 1.62 bits per heavy atom. The van der Waals surface area contributed by atoms with Crippen molar-refractivity contribution in [1.29, 1.82) is 0 Å². The molecule has 0 unspecified atom stereocenters. The summed E-state index contributed by atoms with van der Waals surface area (Å²) in [5.74, 6) is 1.85. The Labute approximate surface area is 286 Å². The maximum atomic E-state index is 5.30. The molecule has 7 aromatic carbocycles. The second-order valence-electron chi connectivity index (χ2n) is 12.8. The van der Waals surface area contributed by atoms with E-state index in [1.54, 1.807) is 0 Å². The molecule has 232 valence electrons. The van der Waals surface area contributed by atoms with Gasteiger partial charge in [-0.25, -0.2) is 4.98 Å². The van der Waals surface area contributed by atoms with Crippen molar-refractivity contribution in [3.8, 4) is 39.9 Å². The van der Waals surface area contributed by atoms with Gasteiger partial charge in [0.15, 0.2) is 11.6 Å². The van der Waals surface area contributed by atoms with E-state index < -0.39 is 0 Å². The lowest BCUT2D eigenvalue weighted by atomic mass is 9.94. The number of aromatic nitrogens is 5. The van der Waals surface area contributed by atoms with E-state index in [0.29, 0.717) is 17.6 Å². The van der Waals surface area contributed by atoms with E-state index in [1.165, 1.54) is 38.1 Å². The highest BCUT2D eigenvalue weighted by Crippen LogP contribution is 2.44. The Bertz CT molecular complexity index is 3040. The Balaban J connectivity index is 1.21. The fourth-order valence-corrected chi connectivity index (χ4v) is 8.06. The zero-order valence-corrected chi connectivity index (χ0v) is 26.8. The molecule has 11 aromatic rings. The van der Waals surface area contributed by atoms with Crippen LogP contribution in [0.4, 0.5) is 0 Å². The molecule has 11 rings (SSSR count). The van der Waals surface area contributed by atoms with Crippen LogP contribution >= 0.6 is 0 Å². The third kappa shape index (κ3) is 3.74. The predicted octanol–water partition coefficient (Wildman–Crippen LogP) is 11.1. The summed E-state index contributed by atoms with van der Waals surface area (Å²) in [5, 5.41) is 7.35. The van der Waals surface area contributed by atoms with Crippen molar-refractivity contribution < 1.29 is 0 Å². The van der Waals surface area contributed by atoms with Gasteiger partial charge in [-0.3, -0.25) is 4.57 Å². The summed E-state index contributed by atoms with van der Waals surface area (Å²) in [6.45, 7) is 0. The topological polar surface area (TPSA) is 48.0 Å². The number of hydrogen-bond donors (Lipinski definition) is 0. The first-order valence-electron chi connectivity index (χ1n) is 16.9. The van der Waals surface area contributed by atoms with E-state index in [0.717, 1.165) is 44.1 Å². The summed E-state index contributed by atoms with van der Waals surface area (Å²) in [6, 6.07) is 57.7. The summed E-state index contributed by atoms with van der Waals surface area (Å²) >= 11 is 0. The van der Waals surface area contributed by atoms with Crippen LogP contribution in [0, 0.1) is 0 Å². The highest BCUT2D eigenvalue weighted by Gasteiger charge is 2.22. The van der Waals surface area contributed by atoms with Gasteiger partial charge in [-0.2, -0.15) is 9.97 Å². The van der Waals surface area contributed by atoms with Crippen LogP contribution in [0.3, 0.4) is 0 Å². The minimum absolute atomic E-state index is 0.589. The van der Waals surface area contributed by atoms with Gasteiger partial charge in [-0.15, -0.1) is 0 Å². The molecule has 4 aromatic heterocycles. The van der Waals surface area contributed by atoms with Crippen molar-refractivity contribution in [3.63, 3.8) is 0 Å². The van der Waals surface area contributed by atoms with Crippen LogP contribution in [-0.4, -0.2) is 23.9 Å². The zero-order chi connectivity index (χ0) is 32.8. The molecule has 0 N–H and O–H groups in total. The monoisotopic (exact) mass is 637 g/mol. The van der Waals surface area contributed by atoms with Crippen LogP contribution in [0.2, 0.25) is 0 Å². The van der Waals surface area contributed by atoms with Gasteiger partial charge in [0.2, 0.25) is 5.95 Å². The predicted molar refractivity (Wildman–Crippen MR) is 205 cm³/mol. The molecule has 0 saturated heterocycles. The average Bonchev–Trinajstić information content (AvgIpc) is 3.84. The fraction of sp³-hybridized carbons (Fsp3) is 0. The number of fused-ring (bicyclic) bond motifs is 9. The molecule has 0 radical (unpaired) electrons. The molecule has 4 heterocycles. The molecule has 0 amide bonds. The van der Waals surface area contributed by atoms with Gasteiger partial charge in [0, 0.05) is 43.4 Å². The molecular formula is C45H27N5. The lowest BCUT2D eigenvalue weighted by molar-refractivity contribution is 0.953.